The second kappa shape index (κ2) is 13.8. The molecule has 0 amide bonds. The molecule has 0 aromatic heterocycles. The molecule has 1 nitrogen and oxygen atoms in total. The molecule has 0 spiro atoms. The van der Waals surface area contributed by atoms with Gasteiger partial charge < -0.3 is 0 Å². The first-order valence-corrected chi connectivity index (χ1v) is 8.73. The third kappa shape index (κ3) is 14.2. The van der Waals surface area contributed by atoms with E-state index < -0.39 is 12.0 Å². The summed E-state index contributed by atoms with van der Waals surface area (Å²) in [4.78, 5) is 10.6. The van der Waals surface area contributed by atoms with Gasteiger partial charge in [-0.2, -0.15) is 13.2 Å². The zero-order chi connectivity index (χ0) is 16.7. The van der Waals surface area contributed by atoms with Gasteiger partial charge >= 0.3 is 6.18 Å². The van der Waals surface area contributed by atoms with Crippen LogP contribution in [0.4, 0.5) is 13.2 Å². The molecule has 0 atom stereocenters. The number of carbonyl (C=O) groups is 1. The summed E-state index contributed by atoms with van der Waals surface area (Å²) in [7, 11) is 0. The van der Waals surface area contributed by atoms with Gasteiger partial charge in [0.05, 0.1) is 0 Å². The summed E-state index contributed by atoms with van der Waals surface area (Å²) >= 11 is 0. The second-order valence-electron chi connectivity index (χ2n) is 5.90. The molecule has 0 rings (SSSR count). The molecule has 0 fully saturated rings. The van der Waals surface area contributed by atoms with Crippen molar-refractivity contribution in [2.45, 2.75) is 96.6 Å². The van der Waals surface area contributed by atoms with Crippen LogP contribution < -0.4 is 0 Å². The topological polar surface area (TPSA) is 17.1 Å². The van der Waals surface area contributed by atoms with E-state index in [4.69, 9.17) is 0 Å². The lowest BCUT2D eigenvalue weighted by Gasteiger charge is -2.04. The van der Waals surface area contributed by atoms with E-state index in [1.807, 2.05) is 0 Å². The van der Waals surface area contributed by atoms with E-state index in [-0.39, 0.29) is 6.42 Å². The van der Waals surface area contributed by atoms with Crippen molar-refractivity contribution in [2.24, 2.45) is 0 Å². The summed E-state index contributed by atoms with van der Waals surface area (Å²) < 4.78 is 35.9. The normalized spacial score (nSPS) is 12.2. The highest BCUT2D eigenvalue weighted by Gasteiger charge is 2.36. The van der Waals surface area contributed by atoms with Crippen LogP contribution in [0.2, 0.25) is 0 Å². The Labute approximate surface area is 133 Å². The molecule has 0 aromatic rings. The molecule has 0 bridgehead atoms. The van der Waals surface area contributed by atoms with Crippen molar-refractivity contribution >= 4 is 5.78 Å². The van der Waals surface area contributed by atoms with Crippen LogP contribution >= 0.6 is 0 Å². The van der Waals surface area contributed by atoms with Gasteiger partial charge in [0.25, 0.3) is 0 Å². The van der Waals surface area contributed by atoms with Crippen LogP contribution in [0.5, 0.6) is 0 Å². The molecule has 22 heavy (non-hydrogen) atoms. The molecule has 0 aromatic carbocycles. The number of unbranched alkanes of at least 4 members (excludes halogenated alkanes) is 10. The van der Waals surface area contributed by atoms with E-state index in [2.05, 4.69) is 19.1 Å². The van der Waals surface area contributed by atoms with Gasteiger partial charge in [-0.15, -0.1) is 0 Å². The lowest BCUT2D eigenvalue weighted by molar-refractivity contribution is -0.171. The Kier molecular flexibility index (Phi) is 13.3. The third-order valence-corrected chi connectivity index (χ3v) is 3.73. The van der Waals surface area contributed by atoms with Gasteiger partial charge in [-0.05, 0) is 32.1 Å². The number of hydrogen-bond donors (Lipinski definition) is 0. The minimum Gasteiger partial charge on any atom is -0.290 e. The van der Waals surface area contributed by atoms with Crippen LogP contribution in [-0.2, 0) is 4.79 Å². The Morgan fingerprint density at radius 2 is 1.23 bits per heavy atom. The van der Waals surface area contributed by atoms with Gasteiger partial charge in [-0.25, -0.2) is 0 Å². The fourth-order valence-electron chi connectivity index (χ4n) is 2.32. The molecular formula is C18H31F3O. The van der Waals surface area contributed by atoms with Crippen molar-refractivity contribution in [2.75, 3.05) is 0 Å². The highest BCUT2D eigenvalue weighted by Crippen LogP contribution is 2.19. The predicted octanol–water partition coefficient (Wildman–Crippen LogP) is 6.77. The molecule has 0 aliphatic heterocycles. The predicted molar refractivity (Wildman–Crippen MR) is 85.9 cm³/mol. The first kappa shape index (κ1) is 21.2. The number of alkyl halides is 3. The second-order valence-corrected chi connectivity index (χ2v) is 5.90. The van der Waals surface area contributed by atoms with Gasteiger partial charge in [-0.1, -0.05) is 64.0 Å². The zero-order valence-corrected chi connectivity index (χ0v) is 13.9. The summed E-state index contributed by atoms with van der Waals surface area (Å²) in [5.41, 5.74) is 0. The molecule has 0 radical (unpaired) electrons. The van der Waals surface area contributed by atoms with Crippen molar-refractivity contribution < 1.29 is 18.0 Å². The first-order chi connectivity index (χ1) is 10.5. The van der Waals surface area contributed by atoms with Crippen molar-refractivity contribution in [3.63, 3.8) is 0 Å². The number of hydrogen-bond acceptors (Lipinski definition) is 1. The van der Waals surface area contributed by atoms with Crippen molar-refractivity contribution in [3.8, 4) is 0 Å². The largest absolute Gasteiger partial charge is 0.449 e. The van der Waals surface area contributed by atoms with Gasteiger partial charge in [0.15, 0.2) is 0 Å². The van der Waals surface area contributed by atoms with Gasteiger partial charge in [0.1, 0.15) is 0 Å². The molecule has 0 aliphatic carbocycles. The van der Waals surface area contributed by atoms with E-state index in [1.165, 1.54) is 38.5 Å². The van der Waals surface area contributed by atoms with Crippen molar-refractivity contribution in [1.29, 1.82) is 0 Å². The average molecular weight is 320 g/mol. The Morgan fingerprint density at radius 1 is 0.773 bits per heavy atom. The third-order valence-electron chi connectivity index (χ3n) is 3.73. The van der Waals surface area contributed by atoms with Crippen LogP contribution in [0.1, 0.15) is 90.4 Å². The SMILES string of the molecule is CCCCCCCCC=CCCCCCCC(=O)C(F)(F)F. The maximum atomic E-state index is 12.0. The minimum atomic E-state index is -4.65. The quantitative estimate of drug-likeness (QED) is 0.255. The highest BCUT2D eigenvalue weighted by atomic mass is 19.4. The fraction of sp³-hybridized carbons (Fsp3) is 0.833. The Morgan fingerprint density at radius 3 is 1.73 bits per heavy atom. The molecule has 0 saturated heterocycles. The van der Waals surface area contributed by atoms with E-state index in [9.17, 15) is 18.0 Å². The summed E-state index contributed by atoms with van der Waals surface area (Å²) in [6, 6.07) is 0. The van der Waals surface area contributed by atoms with E-state index >= 15 is 0 Å². The van der Waals surface area contributed by atoms with Crippen LogP contribution in [0.25, 0.3) is 0 Å². The van der Waals surface area contributed by atoms with Crippen molar-refractivity contribution in [1.82, 2.24) is 0 Å². The standard InChI is InChI=1S/C18H31F3O/c1-2-3-4-5-6-7-8-9-10-11-12-13-14-15-16-17(22)18(19,20)21/h9-10H,2-8,11-16H2,1H3. The first-order valence-electron chi connectivity index (χ1n) is 8.73. The lowest BCUT2D eigenvalue weighted by Crippen LogP contribution is -2.22. The van der Waals surface area contributed by atoms with Crippen LogP contribution in [0, 0.1) is 0 Å². The summed E-state index contributed by atoms with van der Waals surface area (Å²) in [6.07, 6.45) is 12.3. The zero-order valence-electron chi connectivity index (χ0n) is 13.9. The summed E-state index contributed by atoms with van der Waals surface area (Å²) in [6.45, 7) is 2.22. The van der Waals surface area contributed by atoms with Gasteiger partial charge in [0, 0.05) is 6.42 Å². The Balaban J connectivity index is 3.26. The highest BCUT2D eigenvalue weighted by molar-refractivity contribution is 5.83. The number of allylic oxidation sites excluding steroid dienone is 2. The number of ketones is 1. The molecule has 0 aliphatic rings. The molecule has 130 valence electrons. The molecule has 4 heteroatoms. The molecule has 0 saturated carbocycles. The maximum absolute atomic E-state index is 12.0. The Hall–Kier alpha value is -0.800. The number of rotatable bonds is 14. The molecule has 0 N–H and O–H groups in total. The average Bonchev–Trinajstić information content (AvgIpc) is 2.46. The minimum absolute atomic E-state index is 0.347. The number of halogens is 3. The summed E-state index contributed by atoms with van der Waals surface area (Å²) in [5, 5.41) is 0. The monoisotopic (exact) mass is 320 g/mol. The van der Waals surface area contributed by atoms with Crippen LogP contribution in [0.3, 0.4) is 0 Å². The molecular weight excluding hydrogens is 289 g/mol. The van der Waals surface area contributed by atoms with E-state index in [0.29, 0.717) is 12.8 Å². The fourth-order valence-corrected chi connectivity index (χ4v) is 2.32. The molecule has 0 unspecified atom stereocenters. The number of Topliss-reactive ketones (excluding diaryl/α,β-unsaturated/α-hetero) is 1. The van der Waals surface area contributed by atoms with E-state index in [1.54, 1.807) is 0 Å². The van der Waals surface area contributed by atoms with Gasteiger partial charge in [0.2, 0.25) is 5.78 Å². The van der Waals surface area contributed by atoms with Crippen molar-refractivity contribution in [3.05, 3.63) is 12.2 Å². The lowest BCUT2D eigenvalue weighted by atomic mass is 10.1. The maximum Gasteiger partial charge on any atom is 0.449 e. The smallest absolute Gasteiger partial charge is 0.290 e. The van der Waals surface area contributed by atoms with Crippen LogP contribution in [-0.4, -0.2) is 12.0 Å². The molecule has 0 heterocycles. The van der Waals surface area contributed by atoms with Gasteiger partial charge in [-0.3, -0.25) is 4.79 Å². The number of carbonyl (C=O) groups excluding carboxylic acids is 1. The Bertz CT molecular complexity index is 295. The summed E-state index contributed by atoms with van der Waals surface area (Å²) in [5.74, 6) is -1.59. The van der Waals surface area contributed by atoms with E-state index in [0.717, 1.165) is 25.7 Å². The van der Waals surface area contributed by atoms with Crippen LogP contribution in [0.15, 0.2) is 12.2 Å².